The molecule has 4 nitrogen and oxygen atoms in total. The monoisotopic (exact) mass is 304 g/mol. The minimum absolute atomic E-state index is 0.187. The Bertz CT molecular complexity index is 868. The molecular formula is C19H16N2O2. The molecule has 0 heterocycles. The third-order valence-electron chi connectivity index (χ3n) is 3.52. The summed E-state index contributed by atoms with van der Waals surface area (Å²) in [6.07, 6.45) is 3.22. The lowest BCUT2D eigenvalue weighted by Gasteiger charge is -2.03. The van der Waals surface area contributed by atoms with Crippen molar-refractivity contribution in [1.82, 2.24) is 0 Å². The van der Waals surface area contributed by atoms with Gasteiger partial charge in [-0.05, 0) is 46.7 Å². The van der Waals surface area contributed by atoms with Crippen LogP contribution < -0.4 is 4.74 Å². The molecule has 3 rings (SSSR count). The van der Waals surface area contributed by atoms with Gasteiger partial charge in [-0.3, -0.25) is 0 Å². The van der Waals surface area contributed by atoms with Gasteiger partial charge >= 0.3 is 0 Å². The molecule has 0 aromatic heterocycles. The van der Waals surface area contributed by atoms with Crippen LogP contribution in [0.4, 0.5) is 0 Å². The molecule has 0 aliphatic rings. The molecule has 4 heteroatoms. The van der Waals surface area contributed by atoms with Crippen LogP contribution >= 0.6 is 0 Å². The molecule has 0 fully saturated rings. The highest BCUT2D eigenvalue weighted by molar-refractivity contribution is 6.02. The second kappa shape index (κ2) is 6.75. The van der Waals surface area contributed by atoms with Gasteiger partial charge in [0.25, 0.3) is 0 Å². The van der Waals surface area contributed by atoms with Crippen molar-refractivity contribution < 1.29 is 9.84 Å². The fourth-order valence-corrected chi connectivity index (χ4v) is 2.30. The van der Waals surface area contributed by atoms with Gasteiger partial charge in [0, 0.05) is 5.56 Å². The number of hydrogen-bond acceptors (Lipinski definition) is 4. The average molecular weight is 304 g/mol. The Morgan fingerprint density at radius 3 is 2.39 bits per heavy atom. The molecule has 0 radical (unpaired) electrons. The first-order chi connectivity index (χ1) is 11.3. The van der Waals surface area contributed by atoms with E-state index in [4.69, 9.17) is 4.74 Å². The largest absolute Gasteiger partial charge is 0.507 e. The third-order valence-corrected chi connectivity index (χ3v) is 3.52. The molecule has 0 saturated carbocycles. The number of phenols is 1. The third kappa shape index (κ3) is 3.37. The summed E-state index contributed by atoms with van der Waals surface area (Å²) in [5.74, 6) is 0.985. The zero-order chi connectivity index (χ0) is 16.1. The van der Waals surface area contributed by atoms with E-state index in [2.05, 4.69) is 10.2 Å². The highest BCUT2D eigenvalue weighted by atomic mass is 16.5. The summed E-state index contributed by atoms with van der Waals surface area (Å²) in [6.45, 7) is 0. The van der Waals surface area contributed by atoms with Crippen LogP contribution in [0.15, 0.2) is 70.9 Å². The summed E-state index contributed by atoms with van der Waals surface area (Å²) in [5, 5.41) is 20.1. The van der Waals surface area contributed by atoms with Crippen LogP contribution in [0.3, 0.4) is 0 Å². The highest BCUT2D eigenvalue weighted by Crippen LogP contribution is 2.25. The molecule has 0 unspecified atom stereocenters. The van der Waals surface area contributed by atoms with Crippen LogP contribution in [0.2, 0.25) is 0 Å². The summed E-state index contributed by atoms with van der Waals surface area (Å²) < 4.78 is 5.10. The van der Waals surface area contributed by atoms with Crippen LogP contribution in [0, 0.1) is 0 Å². The van der Waals surface area contributed by atoms with E-state index in [9.17, 15) is 5.11 Å². The summed E-state index contributed by atoms with van der Waals surface area (Å²) >= 11 is 0. The van der Waals surface area contributed by atoms with Crippen molar-refractivity contribution in [2.75, 3.05) is 7.11 Å². The van der Waals surface area contributed by atoms with E-state index in [0.29, 0.717) is 5.56 Å². The van der Waals surface area contributed by atoms with E-state index in [0.717, 1.165) is 22.1 Å². The number of phenolic OH excluding ortho intramolecular Hbond substituents is 1. The Labute approximate surface area is 134 Å². The summed E-state index contributed by atoms with van der Waals surface area (Å²) in [4.78, 5) is 0. The van der Waals surface area contributed by atoms with Crippen molar-refractivity contribution in [3.05, 3.63) is 71.8 Å². The normalized spacial score (nSPS) is 11.5. The lowest BCUT2D eigenvalue weighted by molar-refractivity contribution is 0.415. The van der Waals surface area contributed by atoms with Gasteiger partial charge in [0.2, 0.25) is 0 Å². The average Bonchev–Trinajstić information content (AvgIpc) is 2.60. The van der Waals surface area contributed by atoms with Crippen LogP contribution in [0.5, 0.6) is 11.5 Å². The Morgan fingerprint density at radius 1 is 0.870 bits per heavy atom. The number of hydrogen-bond donors (Lipinski definition) is 1. The molecule has 0 bridgehead atoms. The minimum Gasteiger partial charge on any atom is -0.507 e. The zero-order valence-corrected chi connectivity index (χ0v) is 12.7. The van der Waals surface area contributed by atoms with Crippen molar-refractivity contribution in [2.45, 2.75) is 0 Å². The molecule has 0 spiro atoms. The van der Waals surface area contributed by atoms with Gasteiger partial charge in [-0.15, -0.1) is 0 Å². The van der Waals surface area contributed by atoms with Crippen LogP contribution in [-0.2, 0) is 0 Å². The lowest BCUT2D eigenvalue weighted by Crippen LogP contribution is -1.86. The van der Waals surface area contributed by atoms with Crippen molar-refractivity contribution in [2.24, 2.45) is 10.2 Å². The second-order valence-corrected chi connectivity index (χ2v) is 4.98. The fourth-order valence-electron chi connectivity index (χ4n) is 2.30. The van der Waals surface area contributed by atoms with E-state index in [-0.39, 0.29) is 5.75 Å². The minimum atomic E-state index is 0.187. The first-order valence-corrected chi connectivity index (χ1v) is 7.19. The van der Waals surface area contributed by atoms with Crippen molar-refractivity contribution in [1.29, 1.82) is 0 Å². The number of aromatic hydroxyl groups is 1. The molecule has 0 aliphatic heterocycles. The van der Waals surface area contributed by atoms with Gasteiger partial charge in [-0.1, -0.05) is 30.3 Å². The van der Waals surface area contributed by atoms with Crippen molar-refractivity contribution >= 4 is 23.2 Å². The first-order valence-electron chi connectivity index (χ1n) is 7.19. The molecule has 114 valence electrons. The highest BCUT2D eigenvalue weighted by Gasteiger charge is 2.03. The first kappa shape index (κ1) is 14.8. The number of benzene rings is 3. The number of nitrogens with zero attached hydrogens (tertiary/aromatic N) is 2. The van der Waals surface area contributed by atoms with Crippen molar-refractivity contribution in [3.63, 3.8) is 0 Å². The van der Waals surface area contributed by atoms with Gasteiger partial charge in [0.1, 0.15) is 11.5 Å². The van der Waals surface area contributed by atoms with Gasteiger partial charge in [-0.25, -0.2) is 0 Å². The van der Waals surface area contributed by atoms with Gasteiger partial charge in [0.05, 0.1) is 19.5 Å². The van der Waals surface area contributed by atoms with Crippen LogP contribution in [-0.4, -0.2) is 24.6 Å². The smallest absolute Gasteiger partial charge is 0.125 e. The Morgan fingerprint density at radius 2 is 1.61 bits per heavy atom. The van der Waals surface area contributed by atoms with Crippen LogP contribution in [0.25, 0.3) is 10.8 Å². The number of methoxy groups -OCH3 is 1. The molecule has 23 heavy (non-hydrogen) atoms. The molecule has 0 atom stereocenters. The summed E-state index contributed by atoms with van der Waals surface area (Å²) in [5.41, 5.74) is 1.58. The van der Waals surface area contributed by atoms with Gasteiger partial charge < -0.3 is 9.84 Å². The van der Waals surface area contributed by atoms with E-state index < -0.39 is 0 Å². The van der Waals surface area contributed by atoms with E-state index in [1.807, 2.05) is 54.6 Å². The fraction of sp³-hybridized carbons (Fsp3) is 0.0526. The summed E-state index contributed by atoms with van der Waals surface area (Å²) in [6, 6.07) is 18.9. The summed E-state index contributed by atoms with van der Waals surface area (Å²) in [7, 11) is 1.63. The standard InChI is InChI=1S/C19H16N2O2/c1-23-16-9-6-14(7-10-16)12-20-21-13-18-17-5-3-2-4-15(17)8-11-19(18)22/h2-13,22H,1H3. The van der Waals surface area contributed by atoms with E-state index in [1.165, 1.54) is 0 Å². The Kier molecular flexibility index (Phi) is 4.34. The maximum absolute atomic E-state index is 10.0. The maximum Gasteiger partial charge on any atom is 0.125 e. The topological polar surface area (TPSA) is 54.2 Å². The molecule has 3 aromatic carbocycles. The Hall–Kier alpha value is -3.14. The second-order valence-electron chi connectivity index (χ2n) is 4.98. The maximum atomic E-state index is 10.0. The van der Waals surface area contributed by atoms with Crippen molar-refractivity contribution in [3.8, 4) is 11.5 Å². The molecule has 0 amide bonds. The molecule has 3 aromatic rings. The molecule has 0 aliphatic carbocycles. The number of ether oxygens (including phenoxy) is 1. The molecule has 0 saturated heterocycles. The predicted molar refractivity (Wildman–Crippen MR) is 93.8 cm³/mol. The number of fused-ring (bicyclic) bond motifs is 1. The van der Waals surface area contributed by atoms with Crippen LogP contribution in [0.1, 0.15) is 11.1 Å². The van der Waals surface area contributed by atoms with E-state index >= 15 is 0 Å². The van der Waals surface area contributed by atoms with Gasteiger partial charge in [0.15, 0.2) is 0 Å². The number of rotatable bonds is 4. The zero-order valence-electron chi connectivity index (χ0n) is 12.7. The molecular weight excluding hydrogens is 288 g/mol. The van der Waals surface area contributed by atoms with Gasteiger partial charge in [-0.2, -0.15) is 10.2 Å². The Balaban J connectivity index is 1.82. The lowest BCUT2D eigenvalue weighted by atomic mass is 10.0. The SMILES string of the molecule is COc1ccc(C=NN=Cc2c(O)ccc3ccccc23)cc1. The predicted octanol–water partition coefficient (Wildman–Crippen LogP) is 4.01. The van der Waals surface area contributed by atoms with E-state index in [1.54, 1.807) is 25.6 Å². The molecule has 1 N–H and O–H groups in total. The quantitative estimate of drug-likeness (QED) is 0.585.